The highest BCUT2D eigenvalue weighted by atomic mass is 16.2. The van der Waals surface area contributed by atoms with Crippen molar-refractivity contribution in [1.29, 1.82) is 0 Å². The normalized spacial score (nSPS) is 18.8. The standard InChI is InChI=1S/C18H16N2O2/c21-16-18(12-7-13-18)17(22)20(16)19(14-8-3-1-4-9-14)15-10-5-2-6-11-15/h1-6,8-11H,7,12-13H2. The first kappa shape index (κ1) is 13.1. The molecule has 0 aromatic heterocycles. The zero-order chi connectivity index (χ0) is 15.2. The fourth-order valence-corrected chi connectivity index (χ4v) is 3.19. The third-order valence-electron chi connectivity index (χ3n) is 4.61. The molecule has 0 bridgehead atoms. The second-order valence-corrected chi connectivity index (χ2v) is 5.84. The first-order chi connectivity index (χ1) is 10.7. The number of rotatable bonds is 3. The van der Waals surface area contributed by atoms with Crippen molar-refractivity contribution in [3.63, 3.8) is 0 Å². The van der Waals surface area contributed by atoms with Crippen molar-refractivity contribution in [1.82, 2.24) is 5.01 Å². The lowest BCUT2D eigenvalue weighted by molar-refractivity contribution is -0.184. The highest BCUT2D eigenvalue weighted by Crippen LogP contribution is 2.52. The van der Waals surface area contributed by atoms with Crippen molar-refractivity contribution in [3.8, 4) is 0 Å². The maximum atomic E-state index is 12.6. The largest absolute Gasteiger partial charge is 0.271 e. The van der Waals surface area contributed by atoms with Crippen LogP contribution in [0.3, 0.4) is 0 Å². The number of carbonyl (C=O) groups excluding carboxylic acids is 2. The molecule has 1 spiro atoms. The second kappa shape index (κ2) is 4.70. The summed E-state index contributed by atoms with van der Waals surface area (Å²) in [6.45, 7) is 0. The molecule has 1 aliphatic carbocycles. The quantitative estimate of drug-likeness (QED) is 0.644. The SMILES string of the molecule is O=C1N(N(c2ccccc2)c2ccccc2)C(=O)C12CCC2. The number of hydrogen-bond donors (Lipinski definition) is 0. The first-order valence-corrected chi connectivity index (χ1v) is 7.53. The fraction of sp³-hybridized carbons (Fsp3) is 0.222. The van der Waals surface area contributed by atoms with Crippen molar-refractivity contribution >= 4 is 23.2 Å². The molecule has 2 aromatic carbocycles. The number of hydrogen-bond acceptors (Lipinski definition) is 3. The number of imide groups is 1. The number of nitrogens with zero attached hydrogens (tertiary/aromatic N) is 2. The maximum Gasteiger partial charge on any atom is 0.264 e. The van der Waals surface area contributed by atoms with Gasteiger partial charge in [0.2, 0.25) is 0 Å². The van der Waals surface area contributed by atoms with E-state index in [1.165, 1.54) is 5.01 Å². The number of amides is 2. The Hall–Kier alpha value is -2.62. The van der Waals surface area contributed by atoms with Crippen LogP contribution in [0.5, 0.6) is 0 Å². The van der Waals surface area contributed by atoms with Gasteiger partial charge in [-0.05, 0) is 37.1 Å². The van der Waals surface area contributed by atoms with E-state index in [0.29, 0.717) is 12.8 Å². The van der Waals surface area contributed by atoms with E-state index >= 15 is 0 Å². The van der Waals surface area contributed by atoms with E-state index in [2.05, 4.69) is 0 Å². The van der Waals surface area contributed by atoms with Gasteiger partial charge in [0, 0.05) is 0 Å². The van der Waals surface area contributed by atoms with Gasteiger partial charge in [-0.15, -0.1) is 0 Å². The Kier molecular flexibility index (Phi) is 2.79. The van der Waals surface area contributed by atoms with Crippen LogP contribution in [0.4, 0.5) is 11.4 Å². The van der Waals surface area contributed by atoms with E-state index < -0.39 is 5.41 Å². The summed E-state index contributed by atoms with van der Waals surface area (Å²) in [5.74, 6) is -0.145. The average molecular weight is 292 g/mol. The summed E-state index contributed by atoms with van der Waals surface area (Å²) in [5.41, 5.74) is 0.899. The molecule has 2 aliphatic rings. The first-order valence-electron chi connectivity index (χ1n) is 7.53. The molecule has 2 fully saturated rings. The molecule has 4 heteroatoms. The van der Waals surface area contributed by atoms with Crippen molar-refractivity contribution < 1.29 is 9.59 Å². The van der Waals surface area contributed by atoms with Crippen LogP contribution in [0.2, 0.25) is 0 Å². The summed E-state index contributed by atoms with van der Waals surface area (Å²) < 4.78 is 0. The van der Waals surface area contributed by atoms with E-state index in [-0.39, 0.29) is 11.8 Å². The van der Waals surface area contributed by atoms with Crippen LogP contribution in [0.1, 0.15) is 19.3 Å². The Bertz CT molecular complexity index is 666. The fourth-order valence-electron chi connectivity index (χ4n) is 3.19. The highest BCUT2D eigenvalue weighted by Gasteiger charge is 2.66. The highest BCUT2D eigenvalue weighted by molar-refractivity contribution is 6.23. The Morgan fingerprint density at radius 2 is 1.23 bits per heavy atom. The number of anilines is 2. The van der Waals surface area contributed by atoms with Crippen LogP contribution >= 0.6 is 0 Å². The molecule has 0 unspecified atom stereocenters. The lowest BCUT2D eigenvalue weighted by Gasteiger charge is -2.54. The molecule has 1 heterocycles. The molecule has 0 N–H and O–H groups in total. The van der Waals surface area contributed by atoms with Crippen molar-refractivity contribution in [2.24, 2.45) is 5.41 Å². The van der Waals surface area contributed by atoms with Crippen molar-refractivity contribution in [3.05, 3.63) is 60.7 Å². The average Bonchev–Trinajstić information content (AvgIpc) is 2.53. The van der Waals surface area contributed by atoms with Crippen molar-refractivity contribution in [2.45, 2.75) is 19.3 Å². The molecule has 110 valence electrons. The molecule has 0 radical (unpaired) electrons. The summed E-state index contributed by atoms with van der Waals surface area (Å²) in [5, 5.41) is 3.01. The van der Waals surface area contributed by atoms with Crippen LogP contribution in [-0.4, -0.2) is 16.8 Å². The summed E-state index contributed by atoms with van der Waals surface area (Å²) >= 11 is 0. The molecule has 0 atom stereocenters. The molecule has 2 aromatic rings. The number of β-lactam (4-membered cyclic amide) rings is 2. The minimum Gasteiger partial charge on any atom is -0.271 e. The lowest BCUT2D eigenvalue weighted by atomic mass is 9.62. The Balaban J connectivity index is 1.76. The number of benzene rings is 2. The Morgan fingerprint density at radius 3 is 1.59 bits per heavy atom. The number of para-hydroxylation sites is 2. The van der Waals surface area contributed by atoms with Gasteiger partial charge in [-0.25, -0.2) is 5.01 Å². The van der Waals surface area contributed by atoms with Gasteiger partial charge in [0.05, 0.1) is 11.4 Å². The Morgan fingerprint density at radius 1 is 0.773 bits per heavy atom. The van der Waals surface area contributed by atoms with Gasteiger partial charge in [0.15, 0.2) is 0 Å². The van der Waals surface area contributed by atoms with E-state index in [1.54, 1.807) is 5.01 Å². The number of carbonyl (C=O) groups is 2. The number of hydrazine groups is 1. The van der Waals surface area contributed by atoms with Gasteiger partial charge in [0.1, 0.15) is 5.41 Å². The smallest absolute Gasteiger partial charge is 0.264 e. The molecule has 1 aliphatic heterocycles. The van der Waals surface area contributed by atoms with E-state index in [9.17, 15) is 9.59 Å². The molecular formula is C18H16N2O2. The Labute approximate surface area is 128 Å². The zero-order valence-corrected chi connectivity index (χ0v) is 12.1. The molecule has 1 saturated carbocycles. The topological polar surface area (TPSA) is 40.6 Å². The van der Waals surface area contributed by atoms with Gasteiger partial charge in [0.25, 0.3) is 11.8 Å². The third kappa shape index (κ3) is 1.64. The van der Waals surface area contributed by atoms with Crippen LogP contribution < -0.4 is 5.01 Å². The third-order valence-corrected chi connectivity index (χ3v) is 4.61. The lowest BCUT2D eigenvalue weighted by Crippen LogP contribution is -2.72. The van der Waals surface area contributed by atoms with Crippen LogP contribution in [0, 0.1) is 5.41 Å². The minimum atomic E-state index is -0.720. The van der Waals surface area contributed by atoms with Crippen LogP contribution in [0.25, 0.3) is 0 Å². The van der Waals surface area contributed by atoms with Gasteiger partial charge < -0.3 is 0 Å². The van der Waals surface area contributed by atoms with E-state index in [4.69, 9.17) is 0 Å². The molecule has 4 rings (SSSR count). The van der Waals surface area contributed by atoms with Gasteiger partial charge in [-0.1, -0.05) is 42.8 Å². The van der Waals surface area contributed by atoms with Crippen molar-refractivity contribution in [2.75, 3.05) is 5.01 Å². The summed E-state index contributed by atoms with van der Waals surface area (Å²) in [6, 6.07) is 19.0. The summed E-state index contributed by atoms with van der Waals surface area (Å²) in [6.07, 6.45) is 2.35. The van der Waals surface area contributed by atoms with Crippen LogP contribution in [0.15, 0.2) is 60.7 Å². The predicted molar refractivity (Wildman–Crippen MR) is 83.2 cm³/mol. The molecule has 1 saturated heterocycles. The predicted octanol–water partition coefficient (Wildman–Crippen LogP) is 3.28. The zero-order valence-electron chi connectivity index (χ0n) is 12.1. The summed E-state index contributed by atoms with van der Waals surface area (Å²) in [7, 11) is 0. The van der Waals surface area contributed by atoms with E-state index in [0.717, 1.165) is 17.8 Å². The van der Waals surface area contributed by atoms with Gasteiger partial charge >= 0.3 is 0 Å². The minimum absolute atomic E-state index is 0.0727. The molecule has 4 nitrogen and oxygen atoms in total. The van der Waals surface area contributed by atoms with Crippen LogP contribution in [-0.2, 0) is 9.59 Å². The molecular weight excluding hydrogens is 276 g/mol. The second-order valence-electron chi connectivity index (χ2n) is 5.84. The van der Waals surface area contributed by atoms with E-state index in [1.807, 2.05) is 60.7 Å². The summed E-state index contributed by atoms with van der Waals surface area (Å²) in [4.78, 5) is 25.3. The molecule has 22 heavy (non-hydrogen) atoms. The molecule has 2 amide bonds. The van der Waals surface area contributed by atoms with Gasteiger partial charge in [-0.2, -0.15) is 5.01 Å². The maximum absolute atomic E-state index is 12.6. The van der Waals surface area contributed by atoms with Gasteiger partial charge in [-0.3, -0.25) is 9.59 Å². The monoisotopic (exact) mass is 292 g/mol.